The summed E-state index contributed by atoms with van der Waals surface area (Å²) in [6, 6.07) is 23.9. The van der Waals surface area contributed by atoms with Crippen molar-refractivity contribution in [3.8, 4) is 17.3 Å². The molecule has 0 saturated carbocycles. The zero-order chi connectivity index (χ0) is 25.9. The fourth-order valence-electron chi connectivity index (χ4n) is 4.27. The molecule has 2 heterocycles. The molecule has 0 radical (unpaired) electrons. The third-order valence-electron chi connectivity index (χ3n) is 6.22. The molecule has 1 N–H and O–H groups in total. The normalized spacial score (nSPS) is 12.0. The zero-order valence-corrected chi connectivity index (χ0v) is 21.5. The lowest BCUT2D eigenvalue weighted by molar-refractivity contribution is 0.447. The Hall–Kier alpha value is -4.04. The average molecular weight is 560 g/mol. The van der Waals surface area contributed by atoms with E-state index in [9.17, 15) is 14.3 Å². The SMILES string of the molecule is Cn1c(C(Cc2ccccc2)c2ccc(Br)cc2)nc(-c2ncc(Cc3ccc(F)cc3)o2)c(O)c1=O. The molecule has 0 aliphatic carbocycles. The monoisotopic (exact) mass is 559 g/mol. The van der Waals surface area contributed by atoms with Gasteiger partial charge >= 0.3 is 0 Å². The summed E-state index contributed by atoms with van der Waals surface area (Å²) in [7, 11) is 1.60. The summed E-state index contributed by atoms with van der Waals surface area (Å²) in [4.78, 5) is 22.1. The molecule has 0 fully saturated rings. The molecular formula is C29H23BrFN3O3. The van der Waals surface area contributed by atoms with Crippen LogP contribution in [0, 0.1) is 5.82 Å². The van der Waals surface area contributed by atoms with Gasteiger partial charge in [0.2, 0.25) is 11.6 Å². The highest BCUT2D eigenvalue weighted by atomic mass is 79.9. The lowest BCUT2D eigenvalue weighted by Crippen LogP contribution is -2.26. The Morgan fingerprint density at radius 2 is 1.70 bits per heavy atom. The van der Waals surface area contributed by atoms with Gasteiger partial charge in [0.05, 0.1) is 6.20 Å². The van der Waals surface area contributed by atoms with Gasteiger partial charge in [-0.1, -0.05) is 70.5 Å². The van der Waals surface area contributed by atoms with Crippen LogP contribution in [0.1, 0.15) is 34.2 Å². The molecule has 6 nitrogen and oxygen atoms in total. The highest BCUT2D eigenvalue weighted by molar-refractivity contribution is 9.10. The van der Waals surface area contributed by atoms with Gasteiger partial charge in [-0.2, -0.15) is 0 Å². The van der Waals surface area contributed by atoms with Crippen molar-refractivity contribution in [1.29, 1.82) is 0 Å². The van der Waals surface area contributed by atoms with Crippen molar-refractivity contribution < 1.29 is 13.9 Å². The first-order chi connectivity index (χ1) is 17.9. The van der Waals surface area contributed by atoms with Crippen LogP contribution in [0.2, 0.25) is 0 Å². The van der Waals surface area contributed by atoms with E-state index in [1.807, 2.05) is 54.6 Å². The first-order valence-electron chi connectivity index (χ1n) is 11.7. The van der Waals surface area contributed by atoms with Crippen LogP contribution in [-0.4, -0.2) is 19.6 Å². The summed E-state index contributed by atoms with van der Waals surface area (Å²) in [5.74, 6) is -0.111. The Labute approximate surface area is 221 Å². The highest BCUT2D eigenvalue weighted by Gasteiger charge is 2.26. The van der Waals surface area contributed by atoms with Crippen molar-refractivity contribution in [3.63, 3.8) is 0 Å². The molecule has 5 rings (SSSR count). The Bertz CT molecular complexity index is 1580. The molecule has 186 valence electrons. The van der Waals surface area contributed by atoms with E-state index in [0.29, 0.717) is 24.4 Å². The summed E-state index contributed by atoms with van der Waals surface area (Å²) in [5.41, 5.74) is 2.28. The second-order valence-electron chi connectivity index (χ2n) is 8.76. The van der Waals surface area contributed by atoms with Crippen LogP contribution < -0.4 is 5.56 Å². The molecule has 0 aliphatic heterocycles. The maximum atomic E-state index is 13.2. The van der Waals surface area contributed by atoms with E-state index < -0.39 is 11.3 Å². The number of hydrogen-bond donors (Lipinski definition) is 1. The molecule has 5 aromatic rings. The van der Waals surface area contributed by atoms with E-state index in [4.69, 9.17) is 9.40 Å². The standard InChI is InChI=1S/C29H23BrFN3O3/c1-34-27(24(16-18-5-3-2-4-6-18)20-9-11-21(30)12-10-20)33-25(26(35)29(34)36)28-32-17-23(37-28)15-19-7-13-22(31)14-8-19/h2-14,17,24,35H,15-16H2,1H3. The largest absolute Gasteiger partial charge is 0.501 e. The van der Waals surface area contributed by atoms with Crippen LogP contribution in [0.5, 0.6) is 5.75 Å². The van der Waals surface area contributed by atoms with Gasteiger partial charge in [-0.15, -0.1) is 0 Å². The lowest BCUT2D eigenvalue weighted by atomic mass is 9.91. The van der Waals surface area contributed by atoms with E-state index in [1.54, 1.807) is 19.2 Å². The number of aromatic hydroxyl groups is 1. The van der Waals surface area contributed by atoms with Crippen molar-refractivity contribution in [3.05, 3.63) is 134 Å². The van der Waals surface area contributed by atoms with Gasteiger partial charge in [0.15, 0.2) is 5.69 Å². The van der Waals surface area contributed by atoms with Crippen LogP contribution >= 0.6 is 15.9 Å². The molecule has 0 saturated heterocycles. The van der Waals surface area contributed by atoms with E-state index in [0.717, 1.165) is 21.2 Å². The molecule has 0 spiro atoms. The van der Waals surface area contributed by atoms with Gasteiger partial charge in [0.25, 0.3) is 5.56 Å². The number of benzene rings is 3. The van der Waals surface area contributed by atoms with Crippen LogP contribution in [0.15, 0.2) is 98.7 Å². The summed E-state index contributed by atoms with van der Waals surface area (Å²) in [6.45, 7) is 0. The zero-order valence-electron chi connectivity index (χ0n) is 19.9. The first-order valence-corrected chi connectivity index (χ1v) is 12.5. The third kappa shape index (κ3) is 5.39. The second-order valence-corrected chi connectivity index (χ2v) is 9.68. The minimum absolute atomic E-state index is 0.0152. The number of aromatic nitrogens is 3. The van der Waals surface area contributed by atoms with Crippen LogP contribution in [0.4, 0.5) is 4.39 Å². The third-order valence-corrected chi connectivity index (χ3v) is 6.74. The minimum Gasteiger partial charge on any atom is -0.501 e. The number of oxazole rings is 1. The quantitative estimate of drug-likeness (QED) is 0.264. The molecule has 0 bridgehead atoms. The number of halogens is 2. The van der Waals surface area contributed by atoms with Gasteiger partial charge in [-0.05, 0) is 47.4 Å². The maximum absolute atomic E-state index is 13.2. The fourth-order valence-corrected chi connectivity index (χ4v) is 4.54. The predicted molar refractivity (Wildman–Crippen MR) is 142 cm³/mol. The number of rotatable bonds is 7. The topological polar surface area (TPSA) is 81.2 Å². The van der Waals surface area contributed by atoms with Gasteiger partial charge < -0.3 is 9.52 Å². The molecule has 3 aromatic carbocycles. The van der Waals surface area contributed by atoms with Crippen molar-refractivity contribution in [1.82, 2.24) is 14.5 Å². The summed E-state index contributed by atoms with van der Waals surface area (Å²) >= 11 is 3.48. The minimum atomic E-state index is -0.589. The molecule has 1 unspecified atom stereocenters. The molecule has 0 amide bonds. The Morgan fingerprint density at radius 1 is 1.00 bits per heavy atom. The molecule has 8 heteroatoms. The van der Waals surface area contributed by atoms with Gasteiger partial charge in [0, 0.05) is 23.9 Å². The smallest absolute Gasteiger partial charge is 0.296 e. The van der Waals surface area contributed by atoms with Gasteiger partial charge in [-0.3, -0.25) is 9.36 Å². The van der Waals surface area contributed by atoms with Crippen LogP contribution in [-0.2, 0) is 19.9 Å². The van der Waals surface area contributed by atoms with Gasteiger partial charge in [0.1, 0.15) is 17.4 Å². The summed E-state index contributed by atoms with van der Waals surface area (Å²) in [6.07, 6.45) is 2.49. The second kappa shape index (κ2) is 10.5. The molecule has 37 heavy (non-hydrogen) atoms. The average Bonchev–Trinajstić information content (AvgIpc) is 3.37. The maximum Gasteiger partial charge on any atom is 0.296 e. The predicted octanol–water partition coefficient (Wildman–Crippen LogP) is 6.01. The van der Waals surface area contributed by atoms with E-state index in [-0.39, 0.29) is 23.3 Å². The molecule has 1 atom stereocenters. The van der Waals surface area contributed by atoms with E-state index >= 15 is 0 Å². The first kappa shape index (κ1) is 24.6. The van der Waals surface area contributed by atoms with Crippen molar-refractivity contribution in [2.45, 2.75) is 18.8 Å². The van der Waals surface area contributed by atoms with E-state index in [1.165, 1.54) is 22.9 Å². The Kier molecular flexibility index (Phi) is 7.01. The summed E-state index contributed by atoms with van der Waals surface area (Å²) in [5, 5.41) is 10.7. The highest BCUT2D eigenvalue weighted by Crippen LogP contribution is 2.32. The van der Waals surface area contributed by atoms with Gasteiger partial charge in [-0.25, -0.2) is 14.4 Å². The van der Waals surface area contributed by atoms with E-state index in [2.05, 4.69) is 20.9 Å². The van der Waals surface area contributed by atoms with Crippen LogP contribution in [0.25, 0.3) is 11.6 Å². The van der Waals surface area contributed by atoms with Crippen molar-refractivity contribution >= 4 is 15.9 Å². The Balaban J connectivity index is 1.57. The van der Waals surface area contributed by atoms with Crippen LogP contribution in [0.3, 0.4) is 0 Å². The molecule has 0 aliphatic rings. The van der Waals surface area contributed by atoms with Crippen molar-refractivity contribution in [2.75, 3.05) is 0 Å². The lowest BCUT2D eigenvalue weighted by Gasteiger charge is -2.21. The molecule has 2 aromatic heterocycles. The fraction of sp³-hybridized carbons (Fsp3) is 0.138. The number of hydrogen-bond acceptors (Lipinski definition) is 5. The summed E-state index contributed by atoms with van der Waals surface area (Å²) < 4.78 is 21.4. The molecular weight excluding hydrogens is 537 g/mol. The number of nitrogens with zero attached hydrogens (tertiary/aromatic N) is 3. The Morgan fingerprint density at radius 3 is 2.41 bits per heavy atom. The van der Waals surface area contributed by atoms with Crippen molar-refractivity contribution in [2.24, 2.45) is 7.05 Å².